The number of carbonyl (C=O) groups excluding carboxylic acids is 1. The van der Waals surface area contributed by atoms with Crippen molar-refractivity contribution in [2.24, 2.45) is 11.8 Å². The number of anilines is 1. The van der Waals surface area contributed by atoms with E-state index < -0.39 is 0 Å². The predicted molar refractivity (Wildman–Crippen MR) is 128 cm³/mol. The number of nitrogens with one attached hydrogen (secondary N) is 1. The Bertz CT molecular complexity index is 1100. The van der Waals surface area contributed by atoms with Crippen molar-refractivity contribution in [1.29, 1.82) is 0 Å². The summed E-state index contributed by atoms with van der Waals surface area (Å²) in [6.07, 6.45) is 0.990. The van der Waals surface area contributed by atoms with Crippen LogP contribution in [0.1, 0.15) is 49.2 Å². The Balaban J connectivity index is 1.41. The van der Waals surface area contributed by atoms with Crippen molar-refractivity contribution < 1.29 is 18.8 Å². The summed E-state index contributed by atoms with van der Waals surface area (Å²) in [7, 11) is 0. The second-order valence-corrected chi connectivity index (χ2v) is 9.32. The van der Waals surface area contributed by atoms with Gasteiger partial charge in [-0.05, 0) is 60.6 Å². The molecule has 1 aliphatic heterocycles. The molecule has 1 aromatic heterocycles. The summed E-state index contributed by atoms with van der Waals surface area (Å²) in [4.78, 5) is 12.2. The molecule has 0 unspecified atom stereocenters. The fourth-order valence-corrected chi connectivity index (χ4v) is 4.55. The molecule has 1 amide bonds. The lowest BCUT2D eigenvalue weighted by Gasteiger charge is -2.39. The molecular weight excluding hydrogens is 440 g/mol. The van der Waals surface area contributed by atoms with Crippen molar-refractivity contribution in [2.45, 2.75) is 39.2 Å². The van der Waals surface area contributed by atoms with Gasteiger partial charge in [0.25, 0.3) is 5.91 Å². The summed E-state index contributed by atoms with van der Waals surface area (Å²) < 4.78 is 17.1. The van der Waals surface area contributed by atoms with E-state index in [9.17, 15) is 4.79 Å². The fourth-order valence-electron chi connectivity index (χ4n) is 4.36. The topological polar surface area (TPSA) is 73.6 Å². The number of aryl methyl sites for hydroxylation is 1. The van der Waals surface area contributed by atoms with E-state index >= 15 is 0 Å². The number of aromatic nitrogens is 1. The molecule has 4 rings (SSSR count). The molecule has 1 fully saturated rings. The van der Waals surface area contributed by atoms with Crippen LogP contribution in [0, 0.1) is 18.8 Å². The van der Waals surface area contributed by atoms with Crippen molar-refractivity contribution >= 4 is 23.3 Å². The number of benzene rings is 2. The van der Waals surface area contributed by atoms with E-state index in [0.717, 1.165) is 17.0 Å². The SMILES string of the molecule is Cc1cc(NC(=O)COc2cccc([C@@H]3OC[C@@H](c4cccc(Cl)c4)C[C@H]3C(C)C)c2)no1. The van der Waals surface area contributed by atoms with Crippen molar-refractivity contribution in [3.63, 3.8) is 0 Å². The monoisotopic (exact) mass is 468 g/mol. The Morgan fingerprint density at radius 2 is 1.97 bits per heavy atom. The summed E-state index contributed by atoms with van der Waals surface area (Å²) in [5.41, 5.74) is 2.28. The Morgan fingerprint density at radius 3 is 2.70 bits per heavy atom. The molecule has 0 aliphatic carbocycles. The number of rotatable bonds is 7. The maximum atomic E-state index is 12.2. The molecule has 174 valence electrons. The highest BCUT2D eigenvalue weighted by molar-refractivity contribution is 6.30. The van der Waals surface area contributed by atoms with Crippen LogP contribution < -0.4 is 10.1 Å². The maximum Gasteiger partial charge on any atom is 0.263 e. The first-order valence-electron chi connectivity index (χ1n) is 11.2. The predicted octanol–water partition coefficient (Wildman–Crippen LogP) is 6.17. The molecule has 0 bridgehead atoms. The molecular formula is C26H29ClN2O4. The van der Waals surface area contributed by atoms with Crippen molar-refractivity contribution in [2.75, 3.05) is 18.5 Å². The number of ether oxygens (including phenoxy) is 2. The van der Waals surface area contributed by atoms with Gasteiger partial charge >= 0.3 is 0 Å². The second-order valence-electron chi connectivity index (χ2n) is 8.88. The minimum absolute atomic E-state index is 0.0316. The van der Waals surface area contributed by atoms with Gasteiger partial charge in [0.05, 0.1) is 12.7 Å². The lowest BCUT2D eigenvalue weighted by atomic mass is 9.76. The largest absolute Gasteiger partial charge is 0.484 e. The minimum atomic E-state index is -0.299. The molecule has 0 spiro atoms. The summed E-state index contributed by atoms with van der Waals surface area (Å²) in [6.45, 7) is 6.75. The fraction of sp³-hybridized carbons (Fsp3) is 0.385. The Hall–Kier alpha value is -2.83. The van der Waals surface area contributed by atoms with Gasteiger partial charge in [-0.15, -0.1) is 0 Å². The number of nitrogens with zero attached hydrogens (tertiary/aromatic N) is 1. The van der Waals surface area contributed by atoms with E-state index in [1.54, 1.807) is 13.0 Å². The third kappa shape index (κ3) is 5.95. The van der Waals surface area contributed by atoms with E-state index in [-0.39, 0.29) is 18.6 Å². The molecule has 0 saturated carbocycles. The first-order valence-corrected chi connectivity index (χ1v) is 11.6. The van der Waals surface area contributed by atoms with Crippen molar-refractivity contribution in [3.05, 3.63) is 76.5 Å². The molecule has 33 heavy (non-hydrogen) atoms. The van der Waals surface area contributed by atoms with E-state index in [4.69, 9.17) is 25.6 Å². The number of halogens is 1. The van der Waals surface area contributed by atoms with Gasteiger partial charge in [-0.1, -0.05) is 54.9 Å². The summed E-state index contributed by atoms with van der Waals surface area (Å²) in [5.74, 6) is 2.43. The molecule has 3 atom stereocenters. The molecule has 2 aromatic carbocycles. The molecule has 0 radical (unpaired) electrons. The van der Waals surface area contributed by atoms with Crippen molar-refractivity contribution in [1.82, 2.24) is 5.16 Å². The van der Waals surface area contributed by atoms with Gasteiger partial charge < -0.3 is 19.3 Å². The highest BCUT2D eigenvalue weighted by atomic mass is 35.5. The first kappa shape index (κ1) is 23.3. The van der Waals surface area contributed by atoms with Gasteiger partial charge in [0, 0.05) is 17.0 Å². The highest BCUT2D eigenvalue weighted by Crippen LogP contribution is 2.44. The third-order valence-corrected chi connectivity index (χ3v) is 6.29. The van der Waals surface area contributed by atoms with Crippen LogP contribution in [0.3, 0.4) is 0 Å². The van der Waals surface area contributed by atoms with Crippen molar-refractivity contribution in [3.8, 4) is 5.75 Å². The first-order chi connectivity index (χ1) is 15.9. The molecule has 1 saturated heterocycles. The third-order valence-electron chi connectivity index (χ3n) is 6.05. The van der Waals surface area contributed by atoms with Crippen LogP contribution in [0.15, 0.2) is 59.1 Å². The Labute approximate surface area is 199 Å². The summed E-state index contributed by atoms with van der Waals surface area (Å²) in [6, 6.07) is 17.5. The van der Waals surface area contributed by atoms with Crippen LogP contribution >= 0.6 is 11.6 Å². The Morgan fingerprint density at radius 1 is 1.18 bits per heavy atom. The van der Waals surface area contributed by atoms with E-state index in [0.29, 0.717) is 41.7 Å². The zero-order chi connectivity index (χ0) is 23.4. The normalized spacial score (nSPS) is 20.6. The average molecular weight is 469 g/mol. The molecule has 2 heterocycles. The van der Waals surface area contributed by atoms with E-state index in [1.165, 1.54) is 5.56 Å². The summed E-state index contributed by atoms with van der Waals surface area (Å²) in [5, 5.41) is 7.16. The van der Waals surface area contributed by atoms with E-state index in [2.05, 4.69) is 36.5 Å². The number of amides is 1. The lowest BCUT2D eigenvalue weighted by Crippen LogP contribution is -2.31. The molecule has 7 heteroatoms. The van der Waals surface area contributed by atoms with Crippen LogP contribution in [0.2, 0.25) is 5.02 Å². The number of carbonyl (C=O) groups is 1. The van der Waals surface area contributed by atoms with Gasteiger partial charge in [0.2, 0.25) is 0 Å². The standard InChI is InChI=1S/C26H29ClN2O4/c1-16(2)23-13-20(18-6-4-8-21(27)11-18)14-32-26(23)19-7-5-9-22(12-19)31-15-25(30)28-24-10-17(3)33-29-24/h4-12,16,20,23,26H,13-15H2,1-3H3,(H,28,29,30)/t20-,23-,26-/m0/s1. The van der Waals surface area contributed by atoms with Crippen LogP contribution in [0.4, 0.5) is 5.82 Å². The zero-order valence-corrected chi connectivity index (χ0v) is 19.8. The second kappa shape index (κ2) is 10.4. The number of hydrogen-bond acceptors (Lipinski definition) is 5. The summed E-state index contributed by atoms with van der Waals surface area (Å²) >= 11 is 6.21. The van der Waals surface area contributed by atoms with Crippen LogP contribution in [0.25, 0.3) is 0 Å². The van der Waals surface area contributed by atoms with Gasteiger partial charge in [-0.3, -0.25) is 4.79 Å². The smallest absolute Gasteiger partial charge is 0.263 e. The molecule has 1 aliphatic rings. The minimum Gasteiger partial charge on any atom is -0.484 e. The van der Waals surface area contributed by atoms with Gasteiger partial charge in [0.1, 0.15) is 11.5 Å². The molecule has 3 aromatic rings. The molecule has 6 nitrogen and oxygen atoms in total. The molecule has 1 N–H and O–H groups in total. The van der Waals surface area contributed by atoms with Gasteiger partial charge in [-0.25, -0.2) is 0 Å². The average Bonchev–Trinajstić information content (AvgIpc) is 3.21. The Kier molecular flexibility index (Phi) is 7.36. The van der Waals surface area contributed by atoms with E-state index in [1.807, 2.05) is 36.4 Å². The highest BCUT2D eigenvalue weighted by Gasteiger charge is 2.35. The van der Waals surface area contributed by atoms with Crippen LogP contribution in [-0.4, -0.2) is 24.3 Å². The van der Waals surface area contributed by atoms with Gasteiger partial charge in [0.15, 0.2) is 12.4 Å². The van der Waals surface area contributed by atoms with Crippen LogP contribution in [0.5, 0.6) is 5.75 Å². The number of hydrogen-bond donors (Lipinski definition) is 1. The van der Waals surface area contributed by atoms with Gasteiger partial charge in [-0.2, -0.15) is 0 Å². The zero-order valence-electron chi connectivity index (χ0n) is 19.1. The maximum absolute atomic E-state index is 12.2. The quantitative estimate of drug-likeness (QED) is 0.448. The lowest BCUT2D eigenvalue weighted by molar-refractivity contribution is -0.118. The van der Waals surface area contributed by atoms with Crippen LogP contribution in [-0.2, 0) is 9.53 Å².